The third-order valence-corrected chi connectivity index (χ3v) is 3.55. The van der Waals surface area contributed by atoms with Crippen molar-refractivity contribution in [1.82, 2.24) is 4.98 Å². The van der Waals surface area contributed by atoms with Crippen LogP contribution in [0.3, 0.4) is 0 Å². The van der Waals surface area contributed by atoms with Gasteiger partial charge in [0, 0.05) is 6.20 Å². The summed E-state index contributed by atoms with van der Waals surface area (Å²) in [5.41, 5.74) is 1.25. The molecule has 0 saturated carbocycles. The number of rotatable bonds is 4. The summed E-state index contributed by atoms with van der Waals surface area (Å²) >= 11 is 6.01. The molecule has 0 amide bonds. The van der Waals surface area contributed by atoms with Crippen LogP contribution in [0, 0.1) is 12.7 Å². The van der Waals surface area contributed by atoms with Crippen molar-refractivity contribution in [3.05, 3.63) is 58.0 Å². The summed E-state index contributed by atoms with van der Waals surface area (Å²) in [5.74, 6) is -1.16. The van der Waals surface area contributed by atoms with E-state index in [1.807, 2.05) is 6.92 Å². The summed E-state index contributed by atoms with van der Waals surface area (Å²) in [6.07, 6.45) is 1.36. The third kappa shape index (κ3) is 3.31. The number of carboxylic acids is 1. The van der Waals surface area contributed by atoms with Crippen molar-refractivity contribution >= 4 is 23.4 Å². The van der Waals surface area contributed by atoms with Gasteiger partial charge in [-0.25, -0.2) is 14.2 Å². The lowest BCUT2D eigenvalue weighted by Gasteiger charge is -2.17. The van der Waals surface area contributed by atoms with Crippen molar-refractivity contribution in [1.29, 1.82) is 0 Å². The van der Waals surface area contributed by atoms with Gasteiger partial charge in [0.15, 0.2) is 0 Å². The average molecular weight is 309 g/mol. The van der Waals surface area contributed by atoms with Gasteiger partial charge in [0.25, 0.3) is 0 Å². The Hall–Kier alpha value is -2.14. The van der Waals surface area contributed by atoms with E-state index in [-0.39, 0.29) is 28.3 Å². The van der Waals surface area contributed by atoms with Gasteiger partial charge in [-0.05, 0) is 37.1 Å². The van der Waals surface area contributed by atoms with Crippen LogP contribution in [0.4, 0.5) is 10.2 Å². The van der Waals surface area contributed by atoms with E-state index >= 15 is 0 Å². The van der Waals surface area contributed by atoms with Crippen molar-refractivity contribution in [2.24, 2.45) is 0 Å². The van der Waals surface area contributed by atoms with Crippen LogP contribution >= 0.6 is 11.6 Å². The Bertz CT molecular complexity index is 691. The van der Waals surface area contributed by atoms with E-state index in [1.54, 1.807) is 19.1 Å². The molecule has 0 bridgehead atoms. The molecule has 0 fully saturated rings. The third-order valence-electron chi connectivity index (χ3n) is 3.17. The molecule has 1 unspecified atom stereocenters. The number of hydrogen-bond acceptors (Lipinski definition) is 3. The average Bonchev–Trinajstić information content (AvgIpc) is 2.43. The summed E-state index contributed by atoms with van der Waals surface area (Å²) in [7, 11) is 0. The number of nitrogens with one attached hydrogen (secondary N) is 1. The van der Waals surface area contributed by atoms with Gasteiger partial charge >= 0.3 is 5.97 Å². The number of hydrogen-bond donors (Lipinski definition) is 2. The summed E-state index contributed by atoms with van der Waals surface area (Å²) < 4.78 is 13.6. The van der Waals surface area contributed by atoms with Crippen LogP contribution in [0.5, 0.6) is 0 Å². The maximum atomic E-state index is 13.6. The highest BCUT2D eigenvalue weighted by Crippen LogP contribution is 2.27. The highest BCUT2D eigenvalue weighted by molar-refractivity contribution is 6.35. The molecule has 4 nitrogen and oxygen atoms in total. The fraction of sp³-hybridized carbons (Fsp3) is 0.200. The summed E-state index contributed by atoms with van der Waals surface area (Å²) in [6, 6.07) is 5.97. The molecule has 2 rings (SSSR count). The molecule has 0 aliphatic rings. The molecule has 6 heteroatoms. The fourth-order valence-electron chi connectivity index (χ4n) is 1.88. The molecule has 110 valence electrons. The Morgan fingerprint density at radius 2 is 2.14 bits per heavy atom. The molecule has 0 saturated heterocycles. The summed E-state index contributed by atoms with van der Waals surface area (Å²) in [5, 5.41) is 12.0. The molecule has 0 aliphatic carbocycles. The van der Waals surface area contributed by atoms with Crippen LogP contribution in [-0.4, -0.2) is 16.1 Å². The van der Waals surface area contributed by atoms with Crippen LogP contribution in [0.2, 0.25) is 5.02 Å². The lowest BCUT2D eigenvalue weighted by atomic mass is 10.1. The quantitative estimate of drug-likeness (QED) is 0.894. The van der Waals surface area contributed by atoms with Crippen LogP contribution < -0.4 is 5.32 Å². The molecule has 1 aromatic heterocycles. The maximum Gasteiger partial charge on any atom is 0.337 e. The normalized spacial score (nSPS) is 12.0. The van der Waals surface area contributed by atoms with E-state index in [4.69, 9.17) is 16.7 Å². The number of aromatic carboxylic acids is 1. The smallest absolute Gasteiger partial charge is 0.337 e. The molecule has 0 radical (unpaired) electrons. The highest BCUT2D eigenvalue weighted by atomic mass is 35.5. The first kappa shape index (κ1) is 15.3. The highest BCUT2D eigenvalue weighted by Gasteiger charge is 2.15. The van der Waals surface area contributed by atoms with E-state index in [2.05, 4.69) is 10.3 Å². The number of nitrogens with zero attached hydrogens (tertiary/aromatic N) is 1. The van der Waals surface area contributed by atoms with Gasteiger partial charge in [0.05, 0.1) is 16.6 Å². The van der Waals surface area contributed by atoms with E-state index in [1.165, 1.54) is 18.3 Å². The standard InChI is InChI=1S/C15H14ClFN2O2/c1-8-3-4-10(7-12(8)17)9(2)19-14-13(16)11(15(20)21)5-6-18-14/h3-7,9H,1-2H3,(H,18,19)(H,20,21). The molecule has 1 heterocycles. The first-order chi connectivity index (χ1) is 9.90. The first-order valence-electron chi connectivity index (χ1n) is 6.30. The zero-order chi connectivity index (χ0) is 15.6. The number of carboxylic acid groups (broad SMARTS) is 1. The molecular formula is C15H14ClFN2O2. The van der Waals surface area contributed by atoms with Crippen LogP contribution in [-0.2, 0) is 0 Å². The fourth-order valence-corrected chi connectivity index (χ4v) is 2.12. The minimum absolute atomic E-state index is 0.0311. The zero-order valence-electron chi connectivity index (χ0n) is 11.5. The number of anilines is 1. The number of aryl methyl sites for hydroxylation is 1. The van der Waals surface area contributed by atoms with Crippen molar-refractivity contribution < 1.29 is 14.3 Å². The summed E-state index contributed by atoms with van der Waals surface area (Å²) in [6.45, 7) is 3.50. The molecule has 2 N–H and O–H groups in total. The van der Waals surface area contributed by atoms with E-state index in [0.29, 0.717) is 5.56 Å². The van der Waals surface area contributed by atoms with E-state index < -0.39 is 5.97 Å². The number of pyridine rings is 1. The Balaban J connectivity index is 2.27. The Kier molecular flexibility index (Phi) is 4.43. The number of halogens is 2. The van der Waals surface area contributed by atoms with Crippen LogP contribution in [0.15, 0.2) is 30.5 Å². The van der Waals surface area contributed by atoms with E-state index in [0.717, 1.165) is 5.56 Å². The minimum Gasteiger partial charge on any atom is -0.478 e. The van der Waals surface area contributed by atoms with Crippen LogP contribution in [0.25, 0.3) is 0 Å². The first-order valence-corrected chi connectivity index (χ1v) is 6.68. The monoisotopic (exact) mass is 308 g/mol. The van der Waals surface area contributed by atoms with Gasteiger partial charge in [0.1, 0.15) is 11.6 Å². The number of carbonyl (C=O) groups is 1. The zero-order valence-corrected chi connectivity index (χ0v) is 12.3. The van der Waals surface area contributed by atoms with Crippen molar-refractivity contribution in [3.63, 3.8) is 0 Å². The Morgan fingerprint density at radius 1 is 1.43 bits per heavy atom. The SMILES string of the molecule is Cc1ccc(C(C)Nc2nccc(C(=O)O)c2Cl)cc1F. The number of aromatic nitrogens is 1. The second kappa shape index (κ2) is 6.10. The predicted octanol–water partition coefficient (Wildman–Crippen LogP) is 4.05. The summed E-state index contributed by atoms with van der Waals surface area (Å²) in [4.78, 5) is 15.0. The second-order valence-electron chi connectivity index (χ2n) is 4.70. The molecule has 1 atom stereocenters. The van der Waals surface area contributed by atoms with Crippen molar-refractivity contribution in [3.8, 4) is 0 Å². The van der Waals surface area contributed by atoms with Gasteiger partial charge in [0.2, 0.25) is 0 Å². The molecule has 21 heavy (non-hydrogen) atoms. The molecule has 0 spiro atoms. The second-order valence-corrected chi connectivity index (χ2v) is 5.08. The molecular weight excluding hydrogens is 295 g/mol. The largest absolute Gasteiger partial charge is 0.478 e. The Morgan fingerprint density at radius 3 is 2.76 bits per heavy atom. The molecule has 1 aromatic carbocycles. The molecule has 0 aliphatic heterocycles. The Labute approximate surface area is 126 Å². The topological polar surface area (TPSA) is 62.2 Å². The van der Waals surface area contributed by atoms with Gasteiger partial charge in [-0.1, -0.05) is 23.7 Å². The molecule has 2 aromatic rings. The van der Waals surface area contributed by atoms with Gasteiger partial charge in [-0.15, -0.1) is 0 Å². The van der Waals surface area contributed by atoms with Gasteiger partial charge in [-0.2, -0.15) is 0 Å². The van der Waals surface area contributed by atoms with Crippen LogP contribution in [0.1, 0.15) is 34.5 Å². The van der Waals surface area contributed by atoms with E-state index in [9.17, 15) is 9.18 Å². The minimum atomic E-state index is -1.13. The van der Waals surface area contributed by atoms with Crippen molar-refractivity contribution in [2.75, 3.05) is 5.32 Å². The lowest BCUT2D eigenvalue weighted by Crippen LogP contribution is -2.10. The maximum absolute atomic E-state index is 13.6. The van der Waals surface area contributed by atoms with Gasteiger partial charge < -0.3 is 10.4 Å². The number of benzene rings is 1. The lowest BCUT2D eigenvalue weighted by molar-refractivity contribution is 0.0697. The van der Waals surface area contributed by atoms with Gasteiger partial charge in [-0.3, -0.25) is 0 Å². The predicted molar refractivity (Wildman–Crippen MR) is 79.4 cm³/mol. The van der Waals surface area contributed by atoms with Crippen molar-refractivity contribution in [2.45, 2.75) is 19.9 Å².